The predicted octanol–water partition coefficient (Wildman–Crippen LogP) is 4.67. The summed E-state index contributed by atoms with van der Waals surface area (Å²) in [4.78, 5) is 19.7. The lowest BCUT2D eigenvalue weighted by atomic mass is 10.1. The van der Waals surface area contributed by atoms with E-state index in [-0.39, 0.29) is 23.1 Å². The molecule has 0 spiro atoms. The molecule has 152 valence electrons. The molecule has 2 heterocycles. The molecule has 0 bridgehead atoms. The van der Waals surface area contributed by atoms with Gasteiger partial charge < -0.3 is 20.7 Å². The number of H-pyrrole nitrogens is 1. The smallest absolute Gasteiger partial charge is 0.268 e. The Hall–Kier alpha value is -2.54. The van der Waals surface area contributed by atoms with Gasteiger partial charge in [0.2, 0.25) is 0 Å². The summed E-state index contributed by atoms with van der Waals surface area (Å²) >= 11 is 12.3. The van der Waals surface area contributed by atoms with Crippen molar-refractivity contribution < 1.29 is 15.4 Å². The molecule has 8 heteroatoms. The van der Waals surface area contributed by atoms with Crippen LogP contribution in [0.4, 0.5) is 5.82 Å². The average Bonchev–Trinajstić information content (AvgIpc) is 3.22. The van der Waals surface area contributed by atoms with Gasteiger partial charge in [-0.1, -0.05) is 35.3 Å². The van der Waals surface area contributed by atoms with E-state index >= 15 is 0 Å². The second kappa shape index (κ2) is 9.31. The number of carbonyl (C=O) groups excluding carboxylic acids is 1. The van der Waals surface area contributed by atoms with Crippen LogP contribution in [0.2, 0.25) is 10.0 Å². The Bertz CT molecular complexity index is 1150. The molecule has 1 unspecified atom stereocenters. The van der Waals surface area contributed by atoms with Gasteiger partial charge in [-0.25, -0.2) is 4.98 Å². The molecule has 6 nitrogen and oxygen atoms in total. The van der Waals surface area contributed by atoms with Crippen molar-refractivity contribution in [1.82, 2.24) is 15.3 Å². The lowest BCUT2D eigenvalue weighted by Crippen LogP contribution is -2.31. The number of aromatic amines is 1. The number of amides is 1. The van der Waals surface area contributed by atoms with E-state index in [1.54, 1.807) is 36.5 Å². The Morgan fingerprint density at radius 2 is 2.21 bits per heavy atom. The van der Waals surface area contributed by atoms with Crippen LogP contribution in [0.25, 0.3) is 11.1 Å². The minimum Gasteiger partial charge on any atom is -0.394 e. The molecular weight excluding hydrogens is 411 g/mol. The first-order valence-corrected chi connectivity index (χ1v) is 9.46. The first kappa shape index (κ1) is 16.3. The van der Waals surface area contributed by atoms with Crippen LogP contribution in [-0.4, -0.2) is 33.6 Å². The fraction of sp³-hybridized carbons (Fsp3) is 0.238. The van der Waals surface area contributed by atoms with E-state index in [9.17, 15) is 9.90 Å². The third-order valence-corrected chi connectivity index (χ3v) is 4.68. The summed E-state index contributed by atoms with van der Waals surface area (Å²) in [6.45, 7) is -1.67. The number of rotatable bonds is 7. The van der Waals surface area contributed by atoms with Crippen molar-refractivity contribution in [2.24, 2.45) is 0 Å². The number of aliphatic hydroxyl groups excluding tert-OH is 1. The molecule has 0 aliphatic carbocycles. The fourth-order valence-corrected chi connectivity index (χ4v) is 3.21. The monoisotopic (exact) mass is 436 g/mol. The van der Waals surface area contributed by atoms with E-state index in [1.807, 2.05) is 0 Å². The van der Waals surface area contributed by atoms with E-state index in [4.69, 9.17) is 28.7 Å². The number of pyridine rings is 1. The summed E-state index contributed by atoms with van der Waals surface area (Å²) in [5, 5.41) is 15.8. The Balaban J connectivity index is 1.81. The van der Waals surface area contributed by atoms with Gasteiger partial charge in [0, 0.05) is 38.7 Å². The van der Waals surface area contributed by atoms with Crippen molar-refractivity contribution >= 4 is 34.9 Å². The summed E-state index contributed by atoms with van der Waals surface area (Å²) < 4.78 is 30.5. The van der Waals surface area contributed by atoms with Gasteiger partial charge in [-0.15, -0.1) is 0 Å². The summed E-state index contributed by atoms with van der Waals surface area (Å²) in [6.07, 6.45) is 2.90. The number of halogens is 2. The van der Waals surface area contributed by atoms with Crippen molar-refractivity contribution in [3.63, 3.8) is 0 Å². The Labute approximate surface area is 184 Å². The van der Waals surface area contributed by atoms with E-state index in [2.05, 4.69) is 20.6 Å². The average molecular weight is 437 g/mol. The molecule has 0 fully saturated rings. The first-order valence-electron chi connectivity index (χ1n) is 10.7. The molecule has 2 atom stereocenters. The van der Waals surface area contributed by atoms with Gasteiger partial charge >= 0.3 is 0 Å². The lowest BCUT2D eigenvalue weighted by Gasteiger charge is -2.16. The van der Waals surface area contributed by atoms with Crippen molar-refractivity contribution in [1.29, 1.82) is 0 Å². The molecule has 0 saturated heterocycles. The maximum absolute atomic E-state index is 12.7. The van der Waals surface area contributed by atoms with Gasteiger partial charge in [0.15, 0.2) is 0 Å². The van der Waals surface area contributed by atoms with Gasteiger partial charge in [-0.3, -0.25) is 4.79 Å². The van der Waals surface area contributed by atoms with E-state index in [0.29, 0.717) is 21.7 Å². The largest absolute Gasteiger partial charge is 0.394 e. The number of carbonyl (C=O) groups is 1. The number of hydrogen-bond donors (Lipinski definition) is 4. The summed E-state index contributed by atoms with van der Waals surface area (Å²) in [6, 6.07) is 7.29. The maximum Gasteiger partial charge on any atom is 0.268 e. The molecule has 4 N–H and O–H groups in total. The number of aromatic nitrogens is 2. The van der Waals surface area contributed by atoms with Crippen LogP contribution < -0.4 is 10.6 Å². The van der Waals surface area contributed by atoms with Gasteiger partial charge in [0.05, 0.1) is 19.0 Å². The second-order valence-corrected chi connectivity index (χ2v) is 7.21. The van der Waals surface area contributed by atoms with Crippen molar-refractivity contribution in [3.8, 4) is 11.1 Å². The van der Waals surface area contributed by atoms with E-state index in [0.717, 1.165) is 0 Å². The maximum atomic E-state index is 12.7. The van der Waals surface area contributed by atoms with Crippen LogP contribution in [0.1, 0.15) is 41.4 Å². The van der Waals surface area contributed by atoms with Crippen LogP contribution in [0.5, 0.6) is 0 Å². The van der Waals surface area contributed by atoms with Gasteiger partial charge in [-0.05, 0) is 43.6 Å². The van der Waals surface area contributed by atoms with Crippen molar-refractivity contribution in [2.75, 3.05) is 11.9 Å². The molecule has 1 aromatic carbocycles. The molecule has 0 aliphatic rings. The number of anilines is 1. The summed E-state index contributed by atoms with van der Waals surface area (Å²) in [5.74, 6) is -0.304. The highest BCUT2D eigenvalue weighted by atomic mass is 35.5. The van der Waals surface area contributed by atoms with Crippen LogP contribution in [0.15, 0.2) is 48.8 Å². The number of aliphatic hydroxyl groups is 1. The zero-order valence-corrected chi connectivity index (χ0v) is 17.0. The van der Waals surface area contributed by atoms with Crippen molar-refractivity contribution in [2.45, 2.75) is 25.8 Å². The standard InChI is InChI=1S/C21H22Cl2N4O2/c1-12(2)26-20-8-16(17(23)10-25-20)14-7-18(24-9-14)21(29)27-19(11-28)13-4-3-5-15(22)6-13/h3-10,12,19,24,28H,11H2,1-2H3,(H,25,26)(H,27,29)/t19-/m0/s1/i1D3,12D/t12?,19-. The Kier molecular flexibility index (Phi) is 5.22. The van der Waals surface area contributed by atoms with Gasteiger partial charge in [0.1, 0.15) is 11.5 Å². The molecule has 29 heavy (non-hydrogen) atoms. The number of benzene rings is 1. The number of hydrogen-bond acceptors (Lipinski definition) is 4. The summed E-state index contributed by atoms with van der Waals surface area (Å²) in [5.41, 5.74) is 1.92. The highest BCUT2D eigenvalue weighted by molar-refractivity contribution is 6.33. The normalized spacial score (nSPS) is 16.6. The molecule has 1 amide bonds. The molecule has 0 saturated carbocycles. The third-order valence-electron chi connectivity index (χ3n) is 4.15. The zero-order valence-electron chi connectivity index (χ0n) is 19.5. The van der Waals surface area contributed by atoms with Gasteiger partial charge in [0.25, 0.3) is 5.91 Å². The fourth-order valence-electron chi connectivity index (χ4n) is 2.80. The van der Waals surface area contributed by atoms with E-state index < -0.39 is 24.8 Å². The van der Waals surface area contributed by atoms with Crippen LogP contribution >= 0.6 is 23.2 Å². The lowest BCUT2D eigenvalue weighted by molar-refractivity contribution is 0.0912. The first-order chi connectivity index (χ1) is 15.4. The third kappa shape index (κ3) is 5.29. The minimum atomic E-state index is -2.58. The molecule has 3 rings (SSSR count). The minimum absolute atomic E-state index is 0.150. The number of nitrogens with one attached hydrogen (secondary N) is 3. The number of nitrogens with zero attached hydrogens (tertiary/aromatic N) is 1. The quantitative estimate of drug-likeness (QED) is 0.433. The Morgan fingerprint density at radius 3 is 2.93 bits per heavy atom. The molecular formula is C21H22Cl2N4O2. The molecule has 0 aliphatic heterocycles. The SMILES string of the molecule is [2H]C([2H])([2H])C([2H])(C)Nc1cc(-c2c[nH]c(C(=O)N[C@@H](CO)c3cccc(Cl)c3)c2)c(Cl)cn1. The van der Waals surface area contributed by atoms with Crippen LogP contribution in [0.3, 0.4) is 0 Å². The highest BCUT2D eigenvalue weighted by Gasteiger charge is 2.18. The van der Waals surface area contributed by atoms with Crippen LogP contribution in [0, 0.1) is 0 Å². The highest BCUT2D eigenvalue weighted by Crippen LogP contribution is 2.30. The molecule has 2 aromatic heterocycles. The molecule has 0 radical (unpaired) electrons. The van der Waals surface area contributed by atoms with Crippen LogP contribution in [-0.2, 0) is 0 Å². The Morgan fingerprint density at radius 1 is 1.38 bits per heavy atom. The van der Waals surface area contributed by atoms with E-state index in [1.165, 1.54) is 19.2 Å². The van der Waals surface area contributed by atoms with Crippen molar-refractivity contribution in [3.05, 3.63) is 70.1 Å². The summed E-state index contributed by atoms with van der Waals surface area (Å²) in [7, 11) is 0. The predicted molar refractivity (Wildman–Crippen MR) is 117 cm³/mol. The van der Waals surface area contributed by atoms with Gasteiger partial charge in [-0.2, -0.15) is 0 Å². The second-order valence-electron chi connectivity index (χ2n) is 6.37. The zero-order chi connectivity index (χ0) is 24.4. The molecule has 3 aromatic rings. The topological polar surface area (TPSA) is 90.0 Å².